The molecule has 1 heterocycles. The van der Waals surface area contributed by atoms with E-state index in [1.807, 2.05) is 0 Å². The first-order chi connectivity index (χ1) is 8.56. The Morgan fingerprint density at radius 2 is 2.11 bits per heavy atom. The quantitative estimate of drug-likeness (QED) is 0.755. The molecule has 0 spiro atoms. The van der Waals surface area contributed by atoms with Gasteiger partial charge in [-0.3, -0.25) is 9.59 Å². The number of ether oxygens (including phenoxy) is 1. The van der Waals surface area contributed by atoms with E-state index in [1.54, 1.807) is 18.9 Å². The number of hydrogen-bond acceptors (Lipinski definition) is 4. The third-order valence-electron chi connectivity index (χ3n) is 3.39. The lowest BCUT2D eigenvalue weighted by atomic mass is 10.1. The summed E-state index contributed by atoms with van der Waals surface area (Å²) >= 11 is 0. The van der Waals surface area contributed by atoms with Crippen molar-refractivity contribution in [1.82, 2.24) is 10.2 Å². The van der Waals surface area contributed by atoms with Gasteiger partial charge in [0.1, 0.15) is 0 Å². The number of nitrogens with one attached hydrogen (secondary N) is 1. The van der Waals surface area contributed by atoms with Gasteiger partial charge in [-0.25, -0.2) is 0 Å². The molecule has 2 unspecified atom stereocenters. The molecule has 0 aliphatic carbocycles. The van der Waals surface area contributed by atoms with Gasteiger partial charge in [-0.05, 0) is 19.4 Å². The van der Waals surface area contributed by atoms with Crippen LogP contribution in [0.25, 0.3) is 0 Å². The summed E-state index contributed by atoms with van der Waals surface area (Å²) in [6.45, 7) is 3.08. The summed E-state index contributed by atoms with van der Waals surface area (Å²) in [5, 5.41) is 3.27. The maximum Gasteiger partial charge on any atom is 0.310 e. The monoisotopic (exact) mass is 256 g/mol. The van der Waals surface area contributed by atoms with Gasteiger partial charge in [0, 0.05) is 13.6 Å². The number of likely N-dealkylation sites (N-methyl/N-ethyl adjacent to an activating group) is 1. The van der Waals surface area contributed by atoms with Crippen molar-refractivity contribution in [2.45, 2.75) is 38.6 Å². The molecule has 0 aromatic rings. The predicted molar refractivity (Wildman–Crippen MR) is 69.1 cm³/mol. The third kappa shape index (κ3) is 4.29. The van der Waals surface area contributed by atoms with Gasteiger partial charge in [-0.1, -0.05) is 19.8 Å². The molecular weight excluding hydrogens is 232 g/mol. The van der Waals surface area contributed by atoms with Crippen molar-refractivity contribution in [2.24, 2.45) is 5.92 Å². The number of carbonyl (C=O) groups is 2. The molecule has 1 amide bonds. The topological polar surface area (TPSA) is 58.6 Å². The Morgan fingerprint density at radius 1 is 1.39 bits per heavy atom. The molecular formula is C13H24N2O3. The van der Waals surface area contributed by atoms with Crippen molar-refractivity contribution in [1.29, 1.82) is 0 Å². The summed E-state index contributed by atoms with van der Waals surface area (Å²) in [5.41, 5.74) is 0. The summed E-state index contributed by atoms with van der Waals surface area (Å²) in [6, 6.07) is -0.0950. The number of esters is 1. The first-order valence-corrected chi connectivity index (χ1v) is 6.62. The number of nitrogens with zero attached hydrogens (tertiary/aromatic N) is 1. The predicted octanol–water partition coefficient (Wildman–Crippen LogP) is 0.786. The average molecular weight is 256 g/mol. The zero-order valence-electron chi connectivity index (χ0n) is 11.6. The van der Waals surface area contributed by atoms with Gasteiger partial charge in [0.2, 0.25) is 5.91 Å². The second-order valence-electron chi connectivity index (χ2n) is 5.00. The highest BCUT2D eigenvalue weighted by Crippen LogP contribution is 2.11. The standard InChI is InChI=1S/C13H24N2O3/c1-10(13(17)18-3)9-15(2)12(16)11-7-5-4-6-8-14-11/h10-11,14H,4-9H2,1-3H3. The SMILES string of the molecule is COC(=O)C(C)CN(C)C(=O)C1CCCCCN1. The van der Waals surface area contributed by atoms with Gasteiger partial charge < -0.3 is 15.0 Å². The van der Waals surface area contributed by atoms with Crippen LogP contribution in [-0.2, 0) is 14.3 Å². The van der Waals surface area contributed by atoms with E-state index in [-0.39, 0.29) is 23.8 Å². The number of amides is 1. The summed E-state index contributed by atoms with van der Waals surface area (Å²) in [7, 11) is 3.11. The molecule has 104 valence electrons. The van der Waals surface area contributed by atoms with Crippen LogP contribution in [0.3, 0.4) is 0 Å². The maximum atomic E-state index is 12.2. The van der Waals surface area contributed by atoms with Crippen LogP contribution in [0.5, 0.6) is 0 Å². The molecule has 1 N–H and O–H groups in total. The molecule has 2 atom stereocenters. The molecule has 1 aliphatic rings. The Morgan fingerprint density at radius 3 is 2.78 bits per heavy atom. The maximum absolute atomic E-state index is 12.2. The van der Waals surface area contributed by atoms with Crippen molar-refractivity contribution in [3.05, 3.63) is 0 Å². The molecule has 0 aromatic heterocycles. The van der Waals surface area contributed by atoms with E-state index >= 15 is 0 Å². The van der Waals surface area contributed by atoms with Crippen molar-refractivity contribution in [3.8, 4) is 0 Å². The molecule has 0 radical (unpaired) electrons. The molecule has 1 saturated heterocycles. The molecule has 18 heavy (non-hydrogen) atoms. The number of hydrogen-bond donors (Lipinski definition) is 1. The van der Waals surface area contributed by atoms with Crippen LogP contribution in [0.1, 0.15) is 32.6 Å². The first kappa shape index (κ1) is 15.0. The van der Waals surface area contributed by atoms with Crippen LogP contribution < -0.4 is 5.32 Å². The van der Waals surface area contributed by atoms with E-state index < -0.39 is 0 Å². The third-order valence-corrected chi connectivity index (χ3v) is 3.39. The van der Waals surface area contributed by atoms with Crippen molar-refractivity contribution in [2.75, 3.05) is 27.2 Å². The fourth-order valence-corrected chi connectivity index (χ4v) is 2.28. The highest BCUT2D eigenvalue weighted by molar-refractivity contribution is 5.82. The summed E-state index contributed by atoms with van der Waals surface area (Å²) in [4.78, 5) is 25.2. The van der Waals surface area contributed by atoms with E-state index in [9.17, 15) is 9.59 Å². The van der Waals surface area contributed by atoms with E-state index in [4.69, 9.17) is 0 Å². The molecule has 0 bridgehead atoms. The largest absolute Gasteiger partial charge is 0.469 e. The van der Waals surface area contributed by atoms with Crippen molar-refractivity contribution in [3.63, 3.8) is 0 Å². The number of methoxy groups -OCH3 is 1. The summed E-state index contributed by atoms with van der Waals surface area (Å²) in [6.07, 6.45) is 4.28. The van der Waals surface area contributed by atoms with Crippen LogP contribution in [0.2, 0.25) is 0 Å². The van der Waals surface area contributed by atoms with Gasteiger partial charge in [-0.15, -0.1) is 0 Å². The summed E-state index contributed by atoms with van der Waals surface area (Å²) in [5.74, 6) is -0.481. The lowest BCUT2D eigenvalue weighted by molar-refractivity contribution is -0.146. The van der Waals surface area contributed by atoms with Gasteiger partial charge in [0.25, 0.3) is 0 Å². The second kappa shape index (κ2) is 7.36. The Labute approximate surface area is 109 Å². The van der Waals surface area contributed by atoms with Gasteiger partial charge in [0.15, 0.2) is 0 Å². The molecule has 1 fully saturated rings. The Hall–Kier alpha value is -1.10. The molecule has 0 saturated carbocycles. The molecule has 5 nitrogen and oxygen atoms in total. The zero-order valence-corrected chi connectivity index (χ0v) is 11.6. The highest BCUT2D eigenvalue weighted by Gasteiger charge is 2.25. The van der Waals surface area contributed by atoms with E-state index in [0.717, 1.165) is 25.8 Å². The van der Waals surface area contributed by atoms with E-state index in [2.05, 4.69) is 10.1 Å². The van der Waals surface area contributed by atoms with E-state index in [1.165, 1.54) is 13.5 Å². The first-order valence-electron chi connectivity index (χ1n) is 6.62. The van der Waals surface area contributed by atoms with Crippen molar-refractivity contribution < 1.29 is 14.3 Å². The smallest absolute Gasteiger partial charge is 0.310 e. The van der Waals surface area contributed by atoms with Gasteiger partial charge >= 0.3 is 5.97 Å². The highest BCUT2D eigenvalue weighted by atomic mass is 16.5. The van der Waals surface area contributed by atoms with Crippen molar-refractivity contribution >= 4 is 11.9 Å². The number of carbonyl (C=O) groups excluding carboxylic acids is 2. The van der Waals surface area contributed by atoms with Gasteiger partial charge in [-0.2, -0.15) is 0 Å². The molecule has 1 aliphatic heterocycles. The van der Waals surface area contributed by atoms with Crippen LogP contribution in [-0.4, -0.2) is 50.1 Å². The Bertz CT molecular complexity index is 286. The minimum absolute atomic E-state index is 0.0765. The second-order valence-corrected chi connectivity index (χ2v) is 5.00. The zero-order chi connectivity index (χ0) is 13.5. The lowest BCUT2D eigenvalue weighted by Gasteiger charge is -2.25. The lowest BCUT2D eigenvalue weighted by Crippen LogP contribution is -2.46. The minimum atomic E-state index is -0.283. The minimum Gasteiger partial charge on any atom is -0.469 e. The van der Waals surface area contributed by atoms with Crippen LogP contribution in [0, 0.1) is 5.92 Å². The van der Waals surface area contributed by atoms with Crippen LogP contribution in [0.15, 0.2) is 0 Å². The molecule has 0 aromatic carbocycles. The Balaban J connectivity index is 2.46. The Kier molecular flexibility index (Phi) is 6.12. The molecule has 5 heteroatoms. The molecule has 1 rings (SSSR count). The average Bonchev–Trinajstić information content (AvgIpc) is 2.65. The fraction of sp³-hybridized carbons (Fsp3) is 0.846. The fourth-order valence-electron chi connectivity index (χ4n) is 2.28. The van der Waals surface area contributed by atoms with E-state index in [0.29, 0.717) is 6.54 Å². The number of rotatable bonds is 4. The van der Waals surface area contributed by atoms with Crippen LogP contribution in [0.4, 0.5) is 0 Å². The van der Waals surface area contributed by atoms with Gasteiger partial charge in [0.05, 0.1) is 19.1 Å². The van der Waals surface area contributed by atoms with Crippen LogP contribution >= 0.6 is 0 Å². The normalized spacial score (nSPS) is 21.8. The summed E-state index contributed by atoms with van der Waals surface area (Å²) < 4.78 is 4.67.